The van der Waals surface area contributed by atoms with Crippen LogP contribution >= 0.6 is 0 Å². The molecule has 6 atom stereocenters. The molecule has 1 aliphatic rings. The Hall–Kier alpha value is -2.34. The summed E-state index contributed by atoms with van der Waals surface area (Å²) in [5, 5.41) is 39.6. The van der Waals surface area contributed by atoms with Gasteiger partial charge < -0.3 is 39.4 Å². The molecule has 1 heterocycles. The number of carbonyl (C=O) groups excluding carboxylic acids is 2. The lowest BCUT2D eigenvalue weighted by Crippen LogP contribution is -2.59. The van der Waals surface area contributed by atoms with Crippen LogP contribution in [0.1, 0.15) is 117 Å². The van der Waals surface area contributed by atoms with Crippen LogP contribution in [-0.2, 0) is 28.5 Å². The zero-order valence-corrected chi connectivity index (χ0v) is 28.8. The van der Waals surface area contributed by atoms with Gasteiger partial charge >= 0.3 is 11.9 Å². The Morgan fingerprint density at radius 3 is 1.89 bits per heavy atom. The fourth-order valence-electron chi connectivity index (χ4n) is 4.88. The summed E-state index contributed by atoms with van der Waals surface area (Å²) in [6.07, 6.45) is 23.6. The molecule has 0 aliphatic carbocycles. The van der Waals surface area contributed by atoms with E-state index in [9.17, 15) is 30.0 Å². The number of aliphatic hydroxyl groups excluding tert-OH is 4. The first-order valence-electron chi connectivity index (χ1n) is 17.7. The van der Waals surface area contributed by atoms with Gasteiger partial charge in [-0.1, -0.05) is 101 Å². The SMILES string of the molecule is CC/C=C\C/C=C\C/C=C\C/C=C\CCCCCCCCC(=O)OC(COC(=O)CCCCC)COC1OC(CO)C(O)C(O)C1O. The van der Waals surface area contributed by atoms with Crippen LogP contribution in [0.4, 0.5) is 0 Å². The molecule has 0 amide bonds. The lowest BCUT2D eigenvalue weighted by Gasteiger charge is -2.39. The number of hydrogen-bond donors (Lipinski definition) is 4. The zero-order valence-electron chi connectivity index (χ0n) is 28.8. The van der Waals surface area contributed by atoms with Crippen molar-refractivity contribution in [1.82, 2.24) is 0 Å². The minimum atomic E-state index is -1.59. The maximum Gasteiger partial charge on any atom is 0.306 e. The smallest absolute Gasteiger partial charge is 0.306 e. The van der Waals surface area contributed by atoms with Gasteiger partial charge in [0.05, 0.1) is 13.2 Å². The molecule has 0 radical (unpaired) electrons. The predicted octanol–water partition coefficient (Wildman–Crippen LogP) is 5.76. The fraction of sp³-hybridized carbons (Fsp3) is 0.730. The molecule has 10 nitrogen and oxygen atoms in total. The molecular weight excluding hydrogens is 604 g/mol. The van der Waals surface area contributed by atoms with Gasteiger partial charge in [0, 0.05) is 12.8 Å². The molecule has 0 saturated carbocycles. The van der Waals surface area contributed by atoms with Crippen LogP contribution < -0.4 is 0 Å². The third kappa shape index (κ3) is 21.3. The van der Waals surface area contributed by atoms with Crippen molar-refractivity contribution < 1.29 is 49.0 Å². The van der Waals surface area contributed by atoms with Crippen molar-refractivity contribution in [1.29, 1.82) is 0 Å². The first-order chi connectivity index (χ1) is 22.8. The predicted molar refractivity (Wildman–Crippen MR) is 182 cm³/mol. The van der Waals surface area contributed by atoms with Crippen molar-refractivity contribution in [3.8, 4) is 0 Å². The minimum absolute atomic E-state index is 0.211. The van der Waals surface area contributed by atoms with Gasteiger partial charge in [0.25, 0.3) is 0 Å². The number of allylic oxidation sites excluding steroid dienone is 8. The standard InChI is InChI=1S/C37H62O10/c1-3-5-7-8-9-10-11-12-13-14-15-16-17-18-19-20-21-22-24-26-33(40)46-30(28-44-32(39)25-23-6-4-2)29-45-37-36(43)35(42)34(41)31(27-38)47-37/h5,7,9-10,12-13,15-16,30-31,34-38,41-43H,3-4,6,8,11,14,17-29H2,1-2H3/b7-5-,10-9-,13-12-,16-15-. The van der Waals surface area contributed by atoms with Crippen LogP contribution in [-0.4, -0.2) is 89.0 Å². The van der Waals surface area contributed by atoms with Gasteiger partial charge in [-0.3, -0.25) is 9.59 Å². The van der Waals surface area contributed by atoms with Crippen LogP contribution in [0.15, 0.2) is 48.6 Å². The number of esters is 2. The molecule has 47 heavy (non-hydrogen) atoms. The minimum Gasteiger partial charge on any atom is -0.462 e. The molecule has 1 saturated heterocycles. The molecule has 1 rings (SSSR count). The maximum absolute atomic E-state index is 12.6. The number of unbranched alkanes of at least 4 members (excludes halogenated alkanes) is 8. The molecule has 0 spiro atoms. The number of aliphatic hydroxyl groups is 4. The second-order valence-electron chi connectivity index (χ2n) is 11.9. The molecule has 0 aromatic carbocycles. The highest BCUT2D eigenvalue weighted by Gasteiger charge is 2.44. The van der Waals surface area contributed by atoms with E-state index in [1.54, 1.807) is 0 Å². The van der Waals surface area contributed by atoms with Crippen LogP contribution in [0.3, 0.4) is 0 Å². The average Bonchev–Trinajstić information content (AvgIpc) is 3.06. The highest BCUT2D eigenvalue weighted by Crippen LogP contribution is 2.22. The molecule has 10 heteroatoms. The summed E-state index contributed by atoms with van der Waals surface area (Å²) in [5.74, 6) is -0.858. The van der Waals surface area contributed by atoms with E-state index in [-0.39, 0.29) is 26.1 Å². The van der Waals surface area contributed by atoms with Crippen molar-refractivity contribution >= 4 is 11.9 Å². The Bertz CT molecular complexity index is 913. The molecule has 1 aliphatic heterocycles. The second-order valence-corrected chi connectivity index (χ2v) is 11.9. The largest absolute Gasteiger partial charge is 0.462 e. The van der Waals surface area contributed by atoms with Crippen molar-refractivity contribution in [3.05, 3.63) is 48.6 Å². The number of rotatable bonds is 27. The summed E-state index contributed by atoms with van der Waals surface area (Å²) >= 11 is 0. The summed E-state index contributed by atoms with van der Waals surface area (Å²) in [4.78, 5) is 24.7. The Balaban J connectivity index is 2.30. The van der Waals surface area contributed by atoms with E-state index in [1.165, 1.54) is 0 Å². The quantitative estimate of drug-likeness (QED) is 0.0484. The van der Waals surface area contributed by atoms with Gasteiger partial charge in [0.2, 0.25) is 0 Å². The van der Waals surface area contributed by atoms with E-state index >= 15 is 0 Å². The lowest BCUT2D eigenvalue weighted by molar-refractivity contribution is -0.305. The summed E-state index contributed by atoms with van der Waals surface area (Å²) in [6.45, 7) is 3.07. The molecule has 4 N–H and O–H groups in total. The molecule has 6 unspecified atom stereocenters. The summed E-state index contributed by atoms with van der Waals surface area (Å²) < 4.78 is 21.7. The summed E-state index contributed by atoms with van der Waals surface area (Å²) in [6, 6.07) is 0. The number of hydrogen-bond acceptors (Lipinski definition) is 10. The van der Waals surface area contributed by atoms with Crippen molar-refractivity contribution in [3.63, 3.8) is 0 Å². The van der Waals surface area contributed by atoms with Crippen molar-refractivity contribution in [2.75, 3.05) is 19.8 Å². The normalized spacial score (nSPS) is 22.6. The van der Waals surface area contributed by atoms with Gasteiger partial charge in [-0.15, -0.1) is 0 Å². The number of carbonyl (C=O) groups is 2. The first kappa shape index (κ1) is 42.7. The van der Waals surface area contributed by atoms with Gasteiger partial charge in [0.15, 0.2) is 12.4 Å². The third-order valence-electron chi connectivity index (χ3n) is 7.73. The monoisotopic (exact) mass is 666 g/mol. The van der Waals surface area contributed by atoms with Gasteiger partial charge in [-0.05, 0) is 51.4 Å². The van der Waals surface area contributed by atoms with E-state index in [0.29, 0.717) is 12.8 Å². The fourth-order valence-corrected chi connectivity index (χ4v) is 4.88. The Kier molecular flexibility index (Phi) is 26.0. The van der Waals surface area contributed by atoms with E-state index in [0.717, 1.165) is 77.0 Å². The van der Waals surface area contributed by atoms with Crippen LogP contribution in [0.2, 0.25) is 0 Å². The van der Waals surface area contributed by atoms with Crippen molar-refractivity contribution in [2.24, 2.45) is 0 Å². The molecule has 1 fully saturated rings. The summed E-state index contributed by atoms with van der Waals surface area (Å²) in [7, 11) is 0. The molecule has 0 aromatic rings. The van der Waals surface area contributed by atoms with E-state index in [4.69, 9.17) is 18.9 Å². The zero-order chi connectivity index (χ0) is 34.5. The molecule has 270 valence electrons. The first-order valence-corrected chi connectivity index (χ1v) is 17.7. The maximum atomic E-state index is 12.6. The van der Waals surface area contributed by atoms with Crippen molar-refractivity contribution in [2.45, 2.75) is 153 Å². The highest BCUT2D eigenvalue weighted by atomic mass is 16.7. The van der Waals surface area contributed by atoms with E-state index in [2.05, 4.69) is 55.5 Å². The van der Waals surface area contributed by atoms with E-state index in [1.807, 2.05) is 6.92 Å². The number of ether oxygens (including phenoxy) is 4. The van der Waals surface area contributed by atoms with Crippen LogP contribution in [0, 0.1) is 0 Å². The highest BCUT2D eigenvalue weighted by molar-refractivity contribution is 5.70. The second kappa shape index (κ2) is 28.7. The average molecular weight is 667 g/mol. The Morgan fingerprint density at radius 1 is 0.681 bits per heavy atom. The topological polar surface area (TPSA) is 152 Å². The van der Waals surface area contributed by atoms with Crippen LogP contribution in [0.25, 0.3) is 0 Å². The van der Waals surface area contributed by atoms with E-state index < -0.39 is 55.4 Å². The molecule has 0 bridgehead atoms. The summed E-state index contributed by atoms with van der Waals surface area (Å²) in [5.41, 5.74) is 0. The Morgan fingerprint density at radius 2 is 1.26 bits per heavy atom. The van der Waals surface area contributed by atoms with Gasteiger partial charge in [-0.2, -0.15) is 0 Å². The Labute approximate surface area is 282 Å². The van der Waals surface area contributed by atoms with Gasteiger partial charge in [0.1, 0.15) is 31.0 Å². The van der Waals surface area contributed by atoms with Gasteiger partial charge in [-0.25, -0.2) is 0 Å². The molecule has 0 aromatic heterocycles. The van der Waals surface area contributed by atoms with Crippen LogP contribution in [0.5, 0.6) is 0 Å². The lowest BCUT2D eigenvalue weighted by atomic mass is 9.99. The third-order valence-corrected chi connectivity index (χ3v) is 7.73. The molecular formula is C37H62O10.